The molecule has 0 aromatic heterocycles. The molecule has 23 heavy (non-hydrogen) atoms. The fourth-order valence-corrected chi connectivity index (χ4v) is 2.19. The lowest BCUT2D eigenvalue weighted by molar-refractivity contribution is 0.0716. The van der Waals surface area contributed by atoms with Crippen molar-refractivity contribution in [2.75, 3.05) is 26.2 Å². The first-order valence-electron chi connectivity index (χ1n) is 7.51. The van der Waals surface area contributed by atoms with E-state index in [-0.39, 0.29) is 25.0 Å². The van der Waals surface area contributed by atoms with Crippen molar-refractivity contribution in [1.82, 2.24) is 10.2 Å². The molecule has 0 atom stereocenters. The van der Waals surface area contributed by atoms with E-state index in [9.17, 15) is 9.59 Å². The minimum atomic E-state index is -0.179. The van der Waals surface area contributed by atoms with Gasteiger partial charge in [0.2, 0.25) is 0 Å². The van der Waals surface area contributed by atoms with Crippen molar-refractivity contribution < 1.29 is 14.7 Å². The minimum Gasteiger partial charge on any atom is -0.395 e. The van der Waals surface area contributed by atoms with Gasteiger partial charge in [0, 0.05) is 30.8 Å². The second kappa shape index (κ2) is 8.70. The Kier molecular flexibility index (Phi) is 6.32. The molecule has 0 unspecified atom stereocenters. The molecule has 2 rings (SSSR count). The van der Waals surface area contributed by atoms with Crippen LogP contribution < -0.4 is 5.32 Å². The number of aliphatic hydroxyl groups excluding tert-OH is 1. The topological polar surface area (TPSA) is 69.6 Å². The molecule has 0 saturated heterocycles. The van der Waals surface area contributed by atoms with Crippen molar-refractivity contribution >= 4 is 11.8 Å². The zero-order valence-electron chi connectivity index (χ0n) is 12.8. The number of carbonyl (C=O) groups excluding carboxylic acids is 2. The molecule has 2 aromatic carbocycles. The van der Waals surface area contributed by atoms with Gasteiger partial charge < -0.3 is 15.3 Å². The van der Waals surface area contributed by atoms with Gasteiger partial charge in [-0.3, -0.25) is 9.59 Å². The lowest BCUT2D eigenvalue weighted by Gasteiger charge is -2.22. The Labute approximate surface area is 135 Å². The number of carbonyl (C=O) groups is 2. The van der Waals surface area contributed by atoms with Crippen LogP contribution in [0.25, 0.3) is 0 Å². The standard InChI is InChI=1S/C18H20N2O3/c21-14-13-20(18(23)16-9-5-2-6-10-16)12-11-19-17(22)15-7-3-1-4-8-15/h1-10,21H,11-14H2,(H,19,22). The first-order valence-corrected chi connectivity index (χ1v) is 7.51. The molecule has 5 heteroatoms. The van der Waals surface area contributed by atoms with Crippen LogP contribution in [0, 0.1) is 0 Å². The Balaban J connectivity index is 1.90. The number of rotatable bonds is 7. The van der Waals surface area contributed by atoms with E-state index in [4.69, 9.17) is 5.11 Å². The third kappa shape index (κ3) is 4.93. The lowest BCUT2D eigenvalue weighted by atomic mass is 10.2. The third-order valence-corrected chi connectivity index (χ3v) is 3.38. The molecule has 0 saturated carbocycles. The fraction of sp³-hybridized carbons (Fsp3) is 0.222. The summed E-state index contributed by atoms with van der Waals surface area (Å²) < 4.78 is 0. The van der Waals surface area contributed by atoms with Crippen LogP contribution in [0.3, 0.4) is 0 Å². The Morgan fingerprint density at radius 3 is 2.00 bits per heavy atom. The molecule has 2 amide bonds. The van der Waals surface area contributed by atoms with E-state index in [1.807, 2.05) is 12.1 Å². The van der Waals surface area contributed by atoms with Crippen molar-refractivity contribution in [3.05, 3.63) is 71.8 Å². The van der Waals surface area contributed by atoms with Crippen LogP contribution in [0.15, 0.2) is 60.7 Å². The number of benzene rings is 2. The van der Waals surface area contributed by atoms with Gasteiger partial charge >= 0.3 is 0 Å². The number of amides is 2. The van der Waals surface area contributed by atoms with Gasteiger partial charge in [0.15, 0.2) is 0 Å². The zero-order chi connectivity index (χ0) is 16.5. The number of nitrogens with zero attached hydrogens (tertiary/aromatic N) is 1. The van der Waals surface area contributed by atoms with Gasteiger partial charge in [-0.2, -0.15) is 0 Å². The molecular weight excluding hydrogens is 292 g/mol. The maximum atomic E-state index is 12.4. The summed E-state index contributed by atoms with van der Waals surface area (Å²) in [7, 11) is 0. The smallest absolute Gasteiger partial charge is 0.253 e. The molecule has 0 radical (unpaired) electrons. The average molecular weight is 312 g/mol. The van der Waals surface area contributed by atoms with E-state index in [2.05, 4.69) is 5.32 Å². The molecule has 5 nitrogen and oxygen atoms in total. The molecule has 0 aliphatic heterocycles. The van der Waals surface area contributed by atoms with Crippen molar-refractivity contribution in [3.8, 4) is 0 Å². The third-order valence-electron chi connectivity index (χ3n) is 3.38. The summed E-state index contributed by atoms with van der Waals surface area (Å²) in [6.45, 7) is 0.777. The molecule has 2 N–H and O–H groups in total. The quantitative estimate of drug-likeness (QED) is 0.815. The highest BCUT2D eigenvalue weighted by Crippen LogP contribution is 2.04. The predicted molar refractivity (Wildman–Crippen MR) is 88.2 cm³/mol. The molecule has 0 spiro atoms. The molecule has 0 heterocycles. The summed E-state index contributed by atoms with van der Waals surface area (Å²) >= 11 is 0. The highest BCUT2D eigenvalue weighted by molar-refractivity contribution is 5.95. The second-order valence-corrected chi connectivity index (χ2v) is 5.00. The Morgan fingerprint density at radius 1 is 0.870 bits per heavy atom. The summed E-state index contributed by atoms with van der Waals surface area (Å²) in [4.78, 5) is 25.9. The maximum Gasteiger partial charge on any atom is 0.253 e. The van der Waals surface area contributed by atoms with Crippen molar-refractivity contribution in [3.63, 3.8) is 0 Å². The molecule has 2 aromatic rings. The van der Waals surface area contributed by atoms with E-state index in [0.717, 1.165) is 0 Å². The van der Waals surface area contributed by atoms with Gasteiger partial charge in [-0.15, -0.1) is 0 Å². The van der Waals surface area contributed by atoms with Gasteiger partial charge in [0.1, 0.15) is 0 Å². The average Bonchev–Trinajstić information content (AvgIpc) is 2.61. The summed E-state index contributed by atoms with van der Waals surface area (Å²) in [5.41, 5.74) is 1.14. The fourth-order valence-electron chi connectivity index (χ4n) is 2.19. The van der Waals surface area contributed by atoms with Crippen LogP contribution in [0.1, 0.15) is 20.7 Å². The van der Waals surface area contributed by atoms with Gasteiger partial charge in [0.05, 0.1) is 6.61 Å². The first kappa shape index (κ1) is 16.7. The highest BCUT2D eigenvalue weighted by Gasteiger charge is 2.15. The van der Waals surface area contributed by atoms with Gasteiger partial charge in [0.25, 0.3) is 11.8 Å². The van der Waals surface area contributed by atoms with Crippen molar-refractivity contribution in [2.24, 2.45) is 0 Å². The SMILES string of the molecule is O=C(NCCN(CCO)C(=O)c1ccccc1)c1ccccc1. The van der Waals surface area contributed by atoms with Gasteiger partial charge in [-0.05, 0) is 24.3 Å². The van der Waals surface area contributed by atoms with Gasteiger partial charge in [-0.1, -0.05) is 36.4 Å². The van der Waals surface area contributed by atoms with E-state index < -0.39 is 0 Å². The molecule has 0 aliphatic carbocycles. The van der Waals surface area contributed by atoms with E-state index in [1.54, 1.807) is 48.5 Å². The van der Waals surface area contributed by atoms with E-state index in [0.29, 0.717) is 24.2 Å². The van der Waals surface area contributed by atoms with Crippen LogP contribution in [0.5, 0.6) is 0 Å². The second-order valence-electron chi connectivity index (χ2n) is 5.00. The van der Waals surface area contributed by atoms with Crippen molar-refractivity contribution in [1.29, 1.82) is 0 Å². The number of hydrogen-bond donors (Lipinski definition) is 2. The molecule has 0 bridgehead atoms. The number of aliphatic hydroxyl groups is 1. The van der Waals surface area contributed by atoms with Crippen LogP contribution in [0.4, 0.5) is 0 Å². The number of hydrogen-bond acceptors (Lipinski definition) is 3. The summed E-state index contributed by atoms with van der Waals surface area (Å²) in [6, 6.07) is 17.8. The largest absolute Gasteiger partial charge is 0.395 e. The summed E-state index contributed by atoms with van der Waals surface area (Å²) in [5.74, 6) is -0.338. The molecule has 0 fully saturated rings. The Morgan fingerprint density at radius 2 is 1.43 bits per heavy atom. The normalized spacial score (nSPS) is 10.1. The maximum absolute atomic E-state index is 12.4. The van der Waals surface area contributed by atoms with E-state index in [1.165, 1.54) is 4.90 Å². The van der Waals surface area contributed by atoms with Crippen LogP contribution >= 0.6 is 0 Å². The van der Waals surface area contributed by atoms with Gasteiger partial charge in [-0.25, -0.2) is 0 Å². The molecule has 120 valence electrons. The van der Waals surface area contributed by atoms with Crippen LogP contribution in [0.2, 0.25) is 0 Å². The summed E-state index contributed by atoms with van der Waals surface area (Å²) in [6.07, 6.45) is 0. The Bertz CT molecular complexity index is 629. The van der Waals surface area contributed by atoms with Crippen molar-refractivity contribution in [2.45, 2.75) is 0 Å². The lowest BCUT2D eigenvalue weighted by Crippen LogP contribution is -2.40. The molecular formula is C18H20N2O3. The minimum absolute atomic E-state index is 0.120. The highest BCUT2D eigenvalue weighted by atomic mass is 16.3. The van der Waals surface area contributed by atoms with Crippen LogP contribution in [-0.4, -0.2) is 48.1 Å². The first-order chi connectivity index (χ1) is 11.2. The molecule has 0 aliphatic rings. The zero-order valence-corrected chi connectivity index (χ0v) is 12.8. The monoisotopic (exact) mass is 312 g/mol. The Hall–Kier alpha value is -2.66. The van der Waals surface area contributed by atoms with Crippen LogP contribution in [-0.2, 0) is 0 Å². The number of nitrogens with one attached hydrogen (secondary N) is 1. The predicted octanol–water partition coefficient (Wildman–Crippen LogP) is 1.55. The summed E-state index contributed by atoms with van der Waals surface area (Å²) in [5, 5.41) is 11.9. The van der Waals surface area contributed by atoms with E-state index >= 15 is 0 Å².